The molecule has 172 valence electrons. The van der Waals surface area contributed by atoms with Crippen LogP contribution in [0, 0.1) is 16.7 Å². The van der Waals surface area contributed by atoms with Crippen molar-refractivity contribution < 1.29 is 23.9 Å². The van der Waals surface area contributed by atoms with Gasteiger partial charge in [-0.1, -0.05) is 46.8 Å². The van der Waals surface area contributed by atoms with Crippen LogP contribution in [0.25, 0.3) is 0 Å². The minimum Gasteiger partial charge on any atom is -0.454 e. The zero-order valence-corrected chi connectivity index (χ0v) is 19.5. The van der Waals surface area contributed by atoms with Gasteiger partial charge in [-0.3, -0.25) is 19.3 Å². The van der Waals surface area contributed by atoms with E-state index >= 15 is 0 Å². The van der Waals surface area contributed by atoms with Crippen molar-refractivity contribution in [3.05, 3.63) is 35.4 Å². The Labute approximate surface area is 189 Å². The third-order valence-electron chi connectivity index (χ3n) is 7.05. The molecule has 32 heavy (non-hydrogen) atoms. The molecule has 3 atom stereocenters. The summed E-state index contributed by atoms with van der Waals surface area (Å²) in [6.45, 7) is 10.5. The molecule has 1 aromatic carbocycles. The van der Waals surface area contributed by atoms with E-state index in [4.69, 9.17) is 4.74 Å². The largest absolute Gasteiger partial charge is 0.454 e. The van der Waals surface area contributed by atoms with Crippen LogP contribution in [0.4, 0.5) is 0 Å². The minimum atomic E-state index is -1.08. The summed E-state index contributed by atoms with van der Waals surface area (Å²) in [7, 11) is 0. The number of carbonyl (C=O) groups is 4. The molecular weight excluding hydrogens is 408 g/mol. The number of carbonyl (C=O) groups excluding carboxylic acids is 4. The van der Waals surface area contributed by atoms with Crippen LogP contribution in [0.5, 0.6) is 0 Å². The second-order valence-electron chi connectivity index (χ2n) is 11.1. The Bertz CT molecular complexity index is 949. The number of imide groups is 1. The molecule has 1 aliphatic carbocycles. The summed E-state index contributed by atoms with van der Waals surface area (Å²) in [5.41, 5.74) is 0.837. The maximum absolute atomic E-state index is 13.0. The highest BCUT2D eigenvalue weighted by Gasteiger charge is 2.51. The number of hydrogen-bond donors (Lipinski definition) is 0. The number of fused-ring (bicyclic) bond motifs is 3. The predicted molar refractivity (Wildman–Crippen MR) is 118 cm³/mol. The second-order valence-corrected chi connectivity index (χ2v) is 11.1. The number of ether oxygens (including phenoxy) is 1. The summed E-state index contributed by atoms with van der Waals surface area (Å²) in [6.07, 6.45) is 2.97. The Kier molecular flexibility index (Phi) is 5.42. The van der Waals surface area contributed by atoms with Gasteiger partial charge in [0, 0.05) is 12.6 Å². The normalized spacial score (nSPS) is 27.0. The second kappa shape index (κ2) is 7.71. The summed E-state index contributed by atoms with van der Waals surface area (Å²) >= 11 is 0. The minimum absolute atomic E-state index is 0.0900. The van der Waals surface area contributed by atoms with Crippen LogP contribution in [0.1, 0.15) is 74.6 Å². The van der Waals surface area contributed by atoms with Crippen LogP contribution in [0.3, 0.4) is 0 Å². The van der Waals surface area contributed by atoms with Crippen LogP contribution in [0.2, 0.25) is 0 Å². The highest BCUT2D eigenvalue weighted by Crippen LogP contribution is 2.52. The van der Waals surface area contributed by atoms with Crippen molar-refractivity contribution in [3.8, 4) is 0 Å². The zero-order chi connectivity index (χ0) is 23.4. The fourth-order valence-corrected chi connectivity index (χ4v) is 6.19. The van der Waals surface area contributed by atoms with Crippen LogP contribution < -0.4 is 0 Å². The monoisotopic (exact) mass is 440 g/mol. The molecule has 2 heterocycles. The van der Waals surface area contributed by atoms with Crippen molar-refractivity contribution >= 4 is 23.7 Å². The fourth-order valence-electron chi connectivity index (χ4n) is 6.19. The molecule has 1 saturated carbocycles. The molecule has 7 heteroatoms. The smallest absolute Gasteiger partial charge is 0.330 e. The van der Waals surface area contributed by atoms with E-state index in [1.54, 1.807) is 38.1 Å². The van der Waals surface area contributed by atoms with Gasteiger partial charge >= 0.3 is 5.97 Å². The summed E-state index contributed by atoms with van der Waals surface area (Å²) < 4.78 is 5.40. The number of benzene rings is 1. The molecule has 1 saturated heterocycles. The summed E-state index contributed by atoms with van der Waals surface area (Å²) in [6, 6.07) is 5.60. The van der Waals surface area contributed by atoms with Crippen LogP contribution in [0.15, 0.2) is 24.3 Å². The van der Waals surface area contributed by atoms with Gasteiger partial charge in [0.2, 0.25) is 0 Å². The SMILES string of the molecule is CC(C)C(C(=O)OCC(=O)N1CC2(C)CC1CC(C)(C)C2)N1C(=O)c2ccccc2C1=O. The Morgan fingerprint density at radius 2 is 1.66 bits per heavy atom. The van der Waals surface area contributed by atoms with Crippen molar-refractivity contribution in [2.75, 3.05) is 13.2 Å². The van der Waals surface area contributed by atoms with Gasteiger partial charge in [-0.15, -0.1) is 0 Å². The molecule has 0 aromatic heterocycles. The van der Waals surface area contributed by atoms with E-state index in [9.17, 15) is 19.2 Å². The van der Waals surface area contributed by atoms with Crippen molar-refractivity contribution in [1.82, 2.24) is 9.80 Å². The summed E-state index contributed by atoms with van der Waals surface area (Å²) in [5.74, 6) is -2.30. The molecule has 4 rings (SSSR count). The van der Waals surface area contributed by atoms with Gasteiger partial charge in [-0.05, 0) is 48.1 Å². The number of amides is 3. The van der Waals surface area contributed by atoms with Gasteiger partial charge in [0.05, 0.1) is 11.1 Å². The molecule has 3 aliphatic rings. The van der Waals surface area contributed by atoms with Gasteiger partial charge in [-0.2, -0.15) is 0 Å². The Morgan fingerprint density at radius 1 is 1.06 bits per heavy atom. The third kappa shape index (κ3) is 3.82. The lowest BCUT2D eigenvalue weighted by atomic mass is 9.65. The number of hydrogen-bond acceptors (Lipinski definition) is 5. The fraction of sp³-hybridized carbons (Fsp3) is 0.600. The highest BCUT2D eigenvalue weighted by atomic mass is 16.5. The highest BCUT2D eigenvalue weighted by molar-refractivity contribution is 6.22. The number of rotatable bonds is 5. The van der Waals surface area contributed by atoms with E-state index in [0.29, 0.717) is 6.54 Å². The van der Waals surface area contributed by atoms with Crippen LogP contribution in [-0.4, -0.2) is 58.7 Å². The molecule has 0 radical (unpaired) electrons. The molecule has 2 bridgehead atoms. The number of esters is 1. The van der Waals surface area contributed by atoms with E-state index < -0.39 is 23.8 Å². The zero-order valence-electron chi connectivity index (χ0n) is 19.5. The van der Waals surface area contributed by atoms with E-state index in [1.807, 2.05) is 4.90 Å². The van der Waals surface area contributed by atoms with Crippen molar-refractivity contribution in [2.24, 2.45) is 16.7 Å². The predicted octanol–water partition coefficient (Wildman–Crippen LogP) is 3.28. The average molecular weight is 441 g/mol. The number of likely N-dealkylation sites (tertiary alicyclic amines) is 1. The lowest BCUT2D eigenvalue weighted by Crippen LogP contribution is -2.49. The first kappa shape index (κ1) is 22.5. The molecule has 3 unspecified atom stereocenters. The quantitative estimate of drug-likeness (QED) is 0.518. The van der Waals surface area contributed by atoms with Crippen LogP contribution in [-0.2, 0) is 14.3 Å². The third-order valence-corrected chi connectivity index (χ3v) is 7.05. The first-order chi connectivity index (χ1) is 14.9. The molecule has 7 nitrogen and oxygen atoms in total. The van der Waals surface area contributed by atoms with Crippen molar-refractivity contribution in [1.29, 1.82) is 0 Å². The molecular formula is C25H32N2O5. The van der Waals surface area contributed by atoms with E-state index in [-0.39, 0.29) is 46.4 Å². The molecule has 2 aliphatic heterocycles. The maximum atomic E-state index is 13.0. The molecule has 0 N–H and O–H groups in total. The number of nitrogens with zero attached hydrogens (tertiary/aromatic N) is 2. The molecule has 2 fully saturated rings. The maximum Gasteiger partial charge on any atom is 0.330 e. The first-order valence-electron chi connectivity index (χ1n) is 11.4. The Morgan fingerprint density at radius 3 is 2.22 bits per heavy atom. The topological polar surface area (TPSA) is 84.0 Å². The molecule has 1 aromatic rings. The van der Waals surface area contributed by atoms with Crippen molar-refractivity contribution in [2.45, 2.75) is 66.0 Å². The Hall–Kier alpha value is -2.70. The Balaban J connectivity index is 1.44. The van der Waals surface area contributed by atoms with Gasteiger partial charge in [0.15, 0.2) is 6.61 Å². The summed E-state index contributed by atoms with van der Waals surface area (Å²) in [5, 5.41) is 0. The van der Waals surface area contributed by atoms with Gasteiger partial charge in [-0.25, -0.2) is 4.79 Å². The van der Waals surface area contributed by atoms with Gasteiger partial charge in [0.25, 0.3) is 17.7 Å². The lowest BCUT2D eigenvalue weighted by molar-refractivity contribution is -0.156. The molecule has 0 spiro atoms. The van der Waals surface area contributed by atoms with Gasteiger partial charge in [0.1, 0.15) is 6.04 Å². The van der Waals surface area contributed by atoms with E-state index in [1.165, 1.54) is 0 Å². The van der Waals surface area contributed by atoms with Crippen LogP contribution >= 0.6 is 0 Å². The van der Waals surface area contributed by atoms with Gasteiger partial charge < -0.3 is 9.64 Å². The standard InChI is InChI=1S/C25H32N2O5/c1-15(2)20(27-21(29)17-8-6-7-9-18(17)22(27)30)23(31)32-12-19(28)26-14-25(5)11-16(26)10-24(3,4)13-25/h6-9,15-16,20H,10-14H2,1-5H3. The average Bonchev–Trinajstić information content (AvgIpc) is 3.10. The van der Waals surface area contributed by atoms with E-state index in [0.717, 1.165) is 24.2 Å². The van der Waals surface area contributed by atoms with Crippen molar-refractivity contribution in [3.63, 3.8) is 0 Å². The van der Waals surface area contributed by atoms with E-state index in [2.05, 4.69) is 20.8 Å². The lowest BCUT2D eigenvalue weighted by Gasteiger charge is -2.39. The molecule has 3 amide bonds. The summed E-state index contributed by atoms with van der Waals surface area (Å²) in [4.78, 5) is 54.5. The first-order valence-corrected chi connectivity index (χ1v) is 11.4.